The molecule has 0 saturated carbocycles. The lowest BCUT2D eigenvalue weighted by Gasteiger charge is -2.39. The molecule has 44 heavy (non-hydrogen) atoms. The SMILES string of the molecule is C=CCn1nc(C)cc1Nc1nccc(-c2cc(C#N)c3c(c2)[C@@](C)(CO[Si](C)(C)C(C)(C)C)CN3C(=O)OC(C)(C)C)n1. The number of allylic oxidation sites excluding steroid dienone is 1. The van der Waals surface area contributed by atoms with Gasteiger partial charge in [0.05, 0.1) is 29.2 Å². The van der Waals surface area contributed by atoms with E-state index in [2.05, 4.69) is 68.8 Å². The second kappa shape index (κ2) is 11.8. The van der Waals surface area contributed by atoms with Crippen molar-refractivity contribution in [2.24, 2.45) is 0 Å². The van der Waals surface area contributed by atoms with Gasteiger partial charge in [0.2, 0.25) is 5.95 Å². The molecule has 1 aliphatic heterocycles. The molecule has 10 nitrogen and oxygen atoms in total. The van der Waals surface area contributed by atoms with Crippen molar-refractivity contribution in [1.82, 2.24) is 19.7 Å². The highest BCUT2D eigenvalue weighted by molar-refractivity contribution is 6.74. The number of anilines is 3. The largest absolute Gasteiger partial charge is 0.443 e. The van der Waals surface area contributed by atoms with Crippen molar-refractivity contribution in [2.75, 3.05) is 23.4 Å². The maximum absolute atomic E-state index is 13.5. The summed E-state index contributed by atoms with van der Waals surface area (Å²) in [4.78, 5) is 24.3. The number of hydrogen-bond acceptors (Lipinski definition) is 8. The minimum absolute atomic E-state index is 0.0132. The maximum Gasteiger partial charge on any atom is 0.414 e. The monoisotopic (exact) mass is 615 g/mol. The van der Waals surface area contributed by atoms with Crippen molar-refractivity contribution in [3.8, 4) is 17.3 Å². The number of fused-ring (bicyclic) bond motifs is 1. The number of nitriles is 1. The number of carbonyl (C=O) groups excluding carboxylic acids is 1. The van der Waals surface area contributed by atoms with Crippen LogP contribution in [0.4, 0.5) is 22.2 Å². The van der Waals surface area contributed by atoms with E-state index in [-0.39, 0.29) is 5.04 Å². The molecule has 1 atom stereocenters. The van der Waals surface area contributed by atoms with Gasteiger partial charge < -0.3 is 14.5 Å². The number of amides is 1. The van der Waals surface area contributed by atoms with Gasteiger partial charge in [-0.15, -0.1) is 6.58 Å². The predicted molar refractivity (Wildman–Crippen MR) is 177 cm³/mol. The Bertz CT molecular complexity index is 1610. The summed E-state index contributed by atoms with van der Waals surface area (Å²) < 4.78 is 14.3. The van der Waals surface area contributed by atoms with E-state index in [1.807, 2.05) is 45.9 Å². The Morgan fingerprint density at radius 3 is 2.55 bits per heavy atom. The molecule has 0 fully saturated rings. The lowest BCUT2D eigenvalue weighted by molar-refractivity contribution is 0.0575. The average Bonchev–Trinajstić information content (AvgIpc) is 3.42. The number of benzene rings is 1. The second-order valence-electron chi connectivity index (χ2n) is 14.2. The van der Waals surface area contributed by atoms with E-state index < -0.39 is 25.4 Å². The van der Waals surface area contributed by atoms with Crippen LogP contribution < -0.4 is 10.2 Å². The van der Waals surface area contributed by atoms with E-state index in [0.29, 0.717) is 42.6 Å². The van der Waals surface area contributed by atoms with Crippen LogP contribution in [0.15, 0.2) is 43.1 Å². The molecule has 0 unspecified atom stereocenters. The molecule has 4 rings (SSSR count). The molecule has 0 saturated heterocycles. The average molecular weight is 616 g/mol. The van der Waals surface area contributed by atoms with Gasteiger partial charge >= 0.3 is 6.09 Å². The zero-order valence-corrected chi connectivity index (χ0v) is 28.7. The highest BCUT2D eigenvalue weighted by Crippen LogP contribution is 2.47. The Balaban J connectivity index is 1.79. The minimum atomic E-state index is -2.12. The summed E-state index contributed by atoms with van der Waals surface area (Å²) in [6.07, 6.45) is 2.96. The molecule has 3 heterocycles. The summed E-state index contributed by atoms with van der Waals surface area (Å²) in [5, 5.41) is 18.1. The highest BCUT2D eigenvalue weighted by atomic mass is 28.4. The molecular formula is C33H45N7O3Si. The van der Waals surface area contributed by atoms with E-state index in [1.54, 1.807) is 27.9 Å². The van der Waals surface area contributed by atoms with Crippen LogP contribution in [0.1, 0.15) is 65.3 Å². The van der Waals surface area contributed by atoms with Gasteiger partial charge in [0.15, 0.2) is 8.32 Å². The molecule has 1 N–H and O–H groups in total. The van der Waals surface area contributed by atoms with Gasteiger partial charge in [-0.05, 0) is 69.6 Å². The fourth-order valence-corrected chi connectivity index (χ4v) is 6.00. The van der Waals surface area contributed by atoms with Crippen molar-refractivity contribution < 1.29 is 14.0 Å². The topological polar surface area (TPSA) is 118 Å². The summed E-state index contributed by atoms with van der Waals surface area (Å²) in [6.45, 7) is 25.6. The number of rotatable bonds is 8. The van der Waals surface area contributed by atoms with Crippen LogP contribution in [0, 0.1) is 18.3 Å². The molecule has 3 aromatic rings. The molecule has 1 amide bonds. The van der Waals surface area contributed by atoms with Gasteiger partial charge in [0, 0.05) is 36.4 Å². The molecule has 2 aromatic heterocycles. The quantitative estimate of drug-likeness (QED) is 0.205. The second-order valence-corrected chi connectivity index (χ2v) is 19.0. The molecule has 0 spiro atoms. The Morgan fingerprint density at radius 2 is 1.93 bits per heavy atom. The van der Waals surface area contributed by atoms with Gasteiger partial charge in [-0.1, -0.05) is 33.8 Å². The minimum Gasteiger partial charge on any atom is -0.443 e. The number of nitrogens with zero attached hydrogens (tertiary/aromatic N) is 6. The fraction of sp³-hybridized carbons (Fsp3) is 0.485. The number of hydrogen-bond donors (Lipinski definition) is 1. The number of aryl methyl sites for hydroxylation is 1. The van der Waals surface area contributed by atoms with Crippen LogP contribution in [0.3, 0.4) is 0 Å². The molecule has 11 heteroatoms. The van der Waals surface area contributed by atoms with Crippen molar-refractivity contribution in [2.45, 2.75) is 91.1 Å². The summed E-state index contributed by atoms with van der Waals surface area (Å²) in [7, 11) is -2.12. The lowest BCUT2D eigenvalue weighted by Crippen LogP contribution is -2.46. The third kappa shape index (κ3) is 6.87. The van der Waals surface area contributed by atoms with Crippen molar-refractivity contribution >= 4 is 31.9 Å². The summed E-state index contributed by atoms with van der Waals surface area (Å²) in [6, 6.07) is 9.86. The Morgan fingerprint density at radius 1 is 1.23 bits per heavy atom. The molecule has 0 radical (unpaired) electrons. The Hall–Kier alpha value is -4.01. The number of aromatic nitrogens is 4. The predicted octanol–water partition coefficient (Wildman–Crippen LogP) is 7.48. The van der Waals surface area contributed by atoms with Gasteiger partial charge in [-0.3, -0.25) is 4.90 Å². The smallest absolute Gasteiger partial charge is 0.414 e. The molecule has 1 aromatic carbocycles. The first-order valence-electron chi connectivity index (χ1n) is 14.9. The van der Waals surface area contributed by atoms with Crippen molar-refractivity contribution in [3.63, 3.8) is 0 Å². The van der Waals surface area contributed by atoms with Crippen molar-refractivity contribution in [3.05, 3.63) is 59.9 Å². The zero-order chi connectivity index (χ0) is 32.7. The molecule has 234 valence electrons. The molecule has 1 aliphatic rings. The molecule has 0 bridgehead atoms. The number of carbonyl (C=O) groups is 1. The van der Waals surface area contributed by atoms with Crippen LogP contribution in [-0.2, 0) is 21.1 Å². The standard InChI is InChI=1S/C33H45N7O3Si/c1-12-15-40-27(16-22(2)38-40)37-29-35-14-13-26(36-29)23-17-24(19-34)28-25(18-23)33(9,21-42-44(10,11)32(6,7)8)20-39(28)30(41)43-31(3,4)5/h12-14,16-18H,1,15,20-21H2,2-11H3,(H,35,36,37)/t33-/m1/s1. The first-order valence-corrected chi connectivity index (χ1v) is 17.8. The maximum atomic E-state index is 13.5. The number of ether oxygens (including phenoxy) is 1. The fourth-order valence-electron chi connectivity index (χ4n) is 4.89. The Labute approximate surface area is 262 Å². The van der Waals surface area contributed by atoms with Crippen LogP contribution in [0.2, 0.25) is 18.1 Å². The summed E-state index contributed by atoms with van der Waals surface area (Å²) in [5.41, 5.74) is 2.73. The van der Waals surface area contributed by atoms with Gasteiger partial charge in [-0.25, -0.2) is 19.4 Å². The van der Waals surface area contributed by atoms with Crippen LogP contribution in [-0.4, -0.2) is 52.9 Å². The van der Waals surface area contributed by atoms with Gasteiger partial charge in [0.1, 0.15) is 17.5 Å². The third-order valence-electron chi connectivity index (χ3n) is 8.22. The van der Waals surface area contributed by atoms with E-state index in [1.165, 1.54) is 0 Å². The van der Waals surface area contributed by atoms with Gasteiger partial charge in [-0.2, -0.15) is 10.4 Å². The molecular weight excluding hydrogens is 570 g/mol. The van der Waals surface area contributed by atoms with E-state index in [0.717, 1.165) is 22.6 Å². The summed E-state index contributed by atoms with van der Waals surface area (Å²) >= 11 is 0. The first-order chi connectivity index (χ1) is 20.4. The van der Waals surface area contributed by atoms with E-state index in [4.69, 9.17) is 14.1 Å². The first kappa shape index (κ1) is 32.9. The van der Waals surface area contributed by atoms with E-state index in [9.17, 15) is 10.1 Å². The van der Waals surface area contributed by atoms with Gasteiger partial charge in [0.25, 0.3) is 0 Å². The van der Waals surface area contributed by atoms with E-state index >= 15 is 0 Å². The normalized spacial score (nSPS) is 16.8. The summed E-state index contributed by atoms with van der Waals surface area (Å²) in [5.74, 6) is 1.14. The van der Waals surface area contributed by atoms with Crippen LogP contribution in [0.5, 0.6) is 0 Å². The number of nitrogens with one attached hydrogen (secondary N) is 1. The highest BCUT2D eigenvalue weighted by Gasteiger charge is 2.47. The van der Waals surface area contributed by atoms with Crippen LogP contribution in [0.25, 0.3) is 11.3 Å². The van der Waals surface area contributed by atoms with Crippen LogP contribution >= 0.6 is 0 Å². The Kier molecular flexibility index (Phi) is 8.84. The lowest BCUT2D eigenvalue weighted by atomic mass is 9.83. The molecule has 0 aliphatic carbocycles. The third-order valence-corrected chi connectivity index (χ3v) is 12.7. The zero-order valence-electron chi connectivity index (χ0n) is 27.7. The van der Waals surface area contributed by atoms with Crippen molar-refractivity contribution in [1.29, 1.82) is 5.26 Å².